The first-order chi connectivity index (χ1) is 14.8. The molecule has 166 valence electrons. The molecule has 0 radical (unpaired) electrons. The molecule has 1 spiro atoms. The van der Waals surface area contributed by atoms with Crippen LogP contribution in [0, 0.1) is 12.8 Å². The maximum Gasteiger partial charge on any atom is 0.311 e. The third-order valence-corrected chi connectivity index (χ3v) is 6.62. The zero-order valence-corrected chi connectivity index (χ0v) is 19.3. The number of benzene rings is 2. The van der Waals surface area contributed by atoms with Crippen LogP contribution in [-0.4, -0.2) is 36.1 Å². The largest absolute Gasteiger partial charge is 0.460 e. The lowest BCUT2D eigenvalue weighted by Crippen LogP contribution is -2.46. The van der Waals surface area contributed by atoms with E-state index in [0.717, 1.165) is 32.5 Å². The second-order valence-electron chi connectivity index (χ2n) is 10.1. The summed E-state index contributed by atoms with van der Waals surface area (Å²) in [5.74, 6) is -0.273. The number of ether oxygens (including phenoxy) is 2. The van der Waals surface area contributed by atoms with Crippen LogP contribution >= 0.6 is 0 Å². The predicted molar refractivity (Wildman–Crippen MR) is 123 cm³/mol. The van der Waals surface area contributed by atoms with Gasteiger partial charge in [0.1, 0.15) is 5.60 Å². The molecule has 0 aromatic heterocycles. The van der Waals surface area contributed by atoms with Gasteiger partial charge in [-0.05, 0) is 69.2 Å². The van der Waals surface area contributed by atoms with Crippen molar-refractivity contribution >= 4 is 5.97 Å². The molecule has 2 aromatic carbocycles. The van der Waals surface area contributed by atoms with Gasteiger partial charge in [0.15, 0.2) is 0 Å². The molecule has 0 N–H and O–H groups in total. The highest BCUT2D eigenvalue weighted by Gasteiger charge is 2.43. The van der Waals surface area contributed by atoms with Gasteiger partial charge < -0.3 is 14.4 Å². The van der Waals surface area contributed by atoms with Gasteiger partial charge in [0, 0.05) is 19.6 Å². The number of likely N-dealkylation sites (tertiary alicyclic amines) is 1. The van der Waals surface area contributed by atoms with Crippen molar-refractivity contribution in [1.29, 1.82) is 0 Å². The van der Waals surface area contributed by atoms with Crippen LogP contribution in [0.1, 0.15) is 55.9 Å². The molecule has 1 atom stereocenters. The van der Waals surface area contributed by atoms with Gasteiger partial charge in [-0.15, -0.1) is 0 Å². The fourth-order valence-corrected chi connectivity index (χ4v) is 4.92. The fourth-order valence-electron chi connectivity index (χ4n) is 4.92. The Balaban J connectivity index is 1.45. The quantitative estimate of drug-likeness (QED) is 0.636. The summed E-state index contributed by atoms with van der Waals surface area (Å²) in [4.78, 5) is 15.5. The highest BCUT2D eigenvalue weighted by Crippen LogP contribution is 2.44. The van der Waals surface area contributed by atoms with E-state index in [9.17, 15) is 4.79 Å². The number of rotatable bonds is 5. The maximum absolute atomic E-state index is 13.1. The number of fused-ring (bicyclic) bond motifs is 2. The van der Waals surface area contributed by atoms with Crippen molar-refractivity contribution in [3.63, 3.8) is 0 Å². The van der Waals surface area contributed by atoms with Crippen LogP contribution < -0.4 is 0 Å². The van der Waals surface area contributed by atoms with Crippen molar-refractivity contribution < 1.29 is 14.3 Å². The normalized spacial score (nSPS) is 19.2. The average molecular weight is 422 g/mol. The molecule has 0 amide bonds. The molecule has 0 bridgehead atoms. The van der Waals surface area contributed by atoms with Crippen LogP contribution in [-0.2, 0) is 32.9 Å². The fraction of sp³-hybridized carbons (Fsp3) is 0.519. The van der Waals surface area contributed by atoms with Gasteiger partial charge in [-0.3, -0.25) is 4.79 Å². The van der Waals surface area contributed by atoms with Gasteiger partial charge in [0.25, 0.3) is 0 Å². The molecule has 1 fully saturated rings. The molecule has 1 saturated heterocycles. The van der Waals surface area contributed by atoms with Crippen molar-refractivity contribution in [2.45, 2.75) is 64.8 Å². The zero-order chi connectivity index (χ0) is 22.1. The van der Waals surface area contributed by atoms with Gasteiger partial charge in [0.05, 0.1) is 18.1 Å². The molecular formula is C27H35NO3. The molecule has 4 rings (SSSR count). The lowest BCUT2D eigenvalue weighted by atomic mass is 9.83. The molecule has 1 unspecified atom stereocenters. The Hall–Kier alpha value is -2.17. The van der Waals surface area contributed by atoms with E-state index in [1.54, 1.807) is 0 Å². The van der Waals surface area contributed by atoms with E-state index in [2.05, 4.69) is 48.2 Å². The Labute approximate surface area is 186 Å². The highest BCUT2D eigenvalue weighted by atomic mass is 16.6. The Morgan fingerprint density at radius 1 is 1.10 bits per heavy atom. The van der Waals surface area contributed by atoms with Gasteiger partial charge >= 0.3 is 5.97 Å². The topological polar surface area (TPSA) is 38.8 Å². The minimum absolute atomic E-state index is 0.0986. The summed E-state index contributed by atoms with van der Waals surface area (Å²) in [5.41, 5.74) is 4.50. The first-order valence-corrected chi connectivity index (χ1v) is 11.5. The number of carbonyl (C=O) groups is 1. The third-order valence-electron chi connectivity index (χ3n) is 6.62. The minimum Gasteiger partial charge on any atom is -0.460 e. The van der Waals surface area contributed by atoms with Crippen molar-refractivity contribution in [1.82, 2.24) is 4.90 Å². The Kier molecular flexibility index (Phi) is 6.23. The van der Waals surface area contributed by atoms with E-state index in [0.29, 0.717) is 13.0 Å². The van der Waals surface area contributed by atoms with Crippen LogP contribution in [0.25, 0.3) is 0 Å². The number of esters is 1. The Morgan fingerprint density at radius 2 is 1.77 bits per heavy atom. The first-order valence-electron chi connectivity index (χ1n) is 11.5. The van der Waals surface area contributed by atoms with E-state index in [4.69, 9.17) is 9.47 Å². The minimum atomic E-state index is -0.478. The van der Waals surface area contributed by atoms with E-state index in [-0.39, 0.29) is 17.5 Å². The first kappa shape index (κ1) is 22.0. The van der Waals surface area contributed by atoms with Gasteiger partial charge in [-0.2, -0.15) is 0 Å². The molecular weight excluding hydrogens is 386 g/mol. The number of carbonyl (C=O) groups excluding carboxylic acids is 1. The number of hydrogen-bond donors (Lipinski definition) is 0. The summed E-state index contributed by atoms with van der Waals surface area (Å²) in [6.07, 6.45) is 2.65. The van der Waals surface area contributed by atoms with E-state index in [1.165, 1.54) is 22.3 Å². The van der Waals surface area contributed by atoms with Crippen LogP contribution in [0.5, 0.6) is 0 Å². The molecule has 0 aliphatic carbocycles. The SMILES string of the molecule is Cc1ccccc1CC(CN1CCC2(CC1)OCc1ccccc12)C(=O)OC(C)(C)C. The number of nitrogens with zero attached hydrogens (tertiary/aromatic N) is 1. The third kappa shape index (κ3) is 5.02. The predicted octanol–water partition coefficient (Wildman–Crippen LogP) is 5.02. The van der Waals surface area contributed by atoms with E-state index in [1.807, 2.05) is 32.9 Å². The standard InChI is InChI=1S/C27H35NO3/c1-20-9-5-6-10-21(20)17-23(25(29)31-26(2,3)4)18-28-15-13-27(14-16-28)24-12-8-7-11-22(24)19-30-27/h5-12,23H,13-19H2,1-4H3. The van der Waals surface area contributed by atoms with Crippen LogP contribution in [0.15, 0.2) is 48.5 Å². The monoisotopic (exact) mass is 421 g/mol. The van der Waals surface area contributed by atoms with Crippen molar-refractivity contribution in [2.75, 3.05) is 19.6 Å². The highest BCUT2D eigenvalue weighted by molar-refractivity contribution is 5.73. The zero-order valence-electron chi connectivity index (χ0n) is 19.3. The average Bonchev–Trinajstić information content (AvgIpc) is 3.08. The van der Waals surface area contributed by atoms with Crippen molar-refractivity contribution in [2.24, 2.45) is 5.92 Å². The second-order valence-corrected chi connectivity index (χ2v) is 10.1. The Morgan fingerprint density at radius 3 is 2.48 bits per heavy atom. The summed E-state index contributed by atoms with van der Waals surface area (Å²) in [5, 5.41) is 0. The molecule has 2 aliphatic rings. The van der Waals surface area contributed by atoms with Crippen molar-refractivity contribution in [3.8, 4) is 0 Å². The lowest BCUT2D eigenvalue weighted by Gasteiger charge is -2.40. The molecule has 31 heavy (non-hydrogen) atoms. The lowest BCUT2D eigenvalue weighted by molar-refractivity contribution is -0.161. The van der Waals surface area contributed by atoms with Gasteiger partial charge in [0.2, 0.25) is 0 Å². The van der Waals surface area contributed by atoms with E-state index < -0.39 is 5.60 Å². The molecule has 2 heterocycles. The van der Waals surface area contributed by atoms with Crippen molar-refractivity contribution in [3.05, 3.63) is 70.8 Å². The molecule has 2 aromatic rings. The summed E-state index contributed by atoms with van der Waals surface area (Å²) >= 11 is 0. The smallest absolute Gasteiger partial charge is 0.311 e. The number of aryl methyl sites for hydroxylation is 1. The summed E-state index contributed by atoms with van der Waals surface area (Å²) < 4.78 is 12.1. The maximum atomic E-state index is 13.1. The van der Waals surface area contributed by atoms with Gasteiger partial charge in [-0.25, -0.2) is 0 Å². The number of hydrogen-bond acceptors (Lipinski definition) is 4. The van der Waals surface area contributed by atoms with Crippen LogP contribution in [0.4, 0.5) is 0 Å². The molecule has 0 saturated carbocycles. The van der Waals surface area contributed by atoms with E-state index >= 15 is 0 Å². The van der Waals surface area contributed by atoms with Crippen LogP contribution in [0.3, 0.4) is 0 Å². The molecule has 4 nitrogen and oxygen atoms in total. The summed E-state index contributed by atoms with van der Waals surface area (Å²) in [6, 6.07) is 16.9. The second kappa shape index (κ2) is 8.76. The summed E-state index contributed by atoms with van der Waals surface area (Å²) in [7, 11) is 0. The molecule has 2 aliphatic heterocycles. The summed E-state index contributed by atoms with van der Waals surface area (Å²) in [6.45, 7) is 11.2. The van der Waals surface area contributed by atoms with Crippen LogP contribution in [0.2, 0.25) is 0 Å². The van der Waals surface area contributed by atoms with Gasteiger partial charge in [-0.1, -0.05) is 48.5 Å². The Bertz CT molecular complexity index is 922. The number of piperidine rings is 1. The molecule has 4 heteroatoms.